The Labute approximate surface area is 160 Å². The second-order valence-corrected chi connectivity index (χ2v) is 7.65. The van der Waals surface area contributed by atoms with E-state index < -0.39 is 0 Å². The fourth-order valence-electron chi connectivity index (χ4n) is 2.89. The van der Waals surface area contributed by atoms with Crippen molar-refractivity contribution >= 4 is 17.2 Å². The lowest BCUT2D eigenvalue weighted by molar-refractivity contribution is 0.0955. The number of aromatic nitrogens is 3. The van der Waals surface area contributed by atoms with Crippen LogP contribution in [0.4, 0.5) is 0 Å². The maximum absolute atomic E-state index is 12.5. The Morgan fingerprint density at radius 3 is 2.74 bits per heavy atom. The van der Waals surface area contributed by atoms with E-state index in [1.807, 2.05) is 37.3 Å². The van der Waals surface area contributed by atoms with Crippen LogP contribution in [-0.4, -0.2) is 27.2 Å². The van der Waals surface area contributed by atoms with Crippen LogP contribution in [-0.2, 0) is 6.54 Å². The van der Waals surface area contributed by atoms with Gasteiger partial charge < -0.3 is 5.32 Å². The van der Waals surface area contributed by atoms with Crippen LogP contribution in [0.1, 0.15) is 39.8 Å². The highest BCUT2D eigenvalue weighted by molar-refractivity contribution is 7.17. The van der Waals surface area contributed by atoms with Gasteiger partial charge in [0, 0.05) is 24.1 Å². The zero-order valence-electron chi connectivity index (χ0n) is 15.0. The number of aryl methyl sites for hydroxylation is 1. The van der Waals surface area contributed by atoms with E-state index in [0.29, 0.717) is 29.6 Å². The molecule has 6 nitrogen and oxygen atoms in total. The summed E-state index contributed by atoms with van der Waals surface area (Å²) in [5, 5.41) is 8.11. The molecule has 7 heteroatoms. The van der Waals surface area contributed by atoms with Crippen molar-refractivity contribution in [3.05, 3.63) is 69.1 Å². The molecule has 0 aliphatic heterocycles. The quantitative estimate of drug-likeness (QED) is 0.713. The molecule has 138 valence electrons. The van der Waals surface area contributed by atoms with Gasteiger partial charge >= 0.3 is 0 Å². The molecule has 1 amide bonds. The van der Waals surface area contributed by atoms with E-state index in [9.17, 15) is 9.59 Å². The summed E-state index contributed by atoms with van der Waals surface area (Å²) in [5.41, 5.74) is 2.53. The Balaban J connectivity index is 1.41. The number of amides is 1. The predicted octanol–water partition coefficient (Wildman–Crippen LogP) is 2.98. The molecule has 0 radical (unpaired) electrons. The number of hydrogen-bond donors (Lipinski definition) is 1. The van der Waals surface area contributed by atoms with Gasteiger partial charge in [-0.1, -0.05) is 30.3 Å². The highest BCUT2D eigenvalue weighted by atomic mass is 32.1. The number of carbonyl (C=O) groups is 1. The summed E-state index contributed by atoms with van der Waals surface area (Å²) in [7, 11) is 0. The maximum atomic E-state index is 12.5. The van der Waals surface area contributed by atoms with E-state index in [1.165, 1.54) is 16.0 Å². The van der Waals surface area contributed by atoms with Gasteiger partial charge in [0.25, 0.3) is 11.5 Å². The molecule has 1 aliphatic rings. The number of rotatable bonds is 6. The summed E-state index contributed by atoms with van der Waals surface area (Å²) in [6.45, 7) is 2.54. The van der Waals surface area contributed by atoms with Crippen LogP contribution < -0.4 is 10.9 Å². The summed E-state index contributed by atoms with van der Waals surface area (Å²) in [6.07, 6.45) is 2.27. The molecule has 27 heavy (non-hydrogen) atoms. The zero-order chi connectivity index (χ0) is 18.8. The van der Waals surface area contributed by atoms with E-state index in [4.69, 9.17) is 0 Å². The van der Waals surface area contributed by atoms with Gasteiger partial charge in [0.2, 0.25) is 0 Å². The van der Waals surface area contributed by atoms with Crippen LogP contribution in [0.25, 0.3) is 10.6 Å². The van der Waals surface area contributed by atoms with E-state index in [1.54, 1.807) is 12.1 Å². The van der Waals surface area contributed by atoms with Crippen molar-refractivity contribution in [3.63, 3.8) is 0 Å². The molecule has 1 saturated carbocycles. The third-order valence-electron chi connectivity index (χ3n) is 4.52. The van der Waals surface area contributed by atoms with Crippen LogP contribution in [0, 0.1) is 6.92 Å². The molecule has 2 heterocycles. The summed E-state index contributed by atoms with van der Waals surface area (Å²) in [4.78, 5) is 29.6. The molecular formula is C20H20N4O2S. The molecule has 3 aromatic rings. The third-order valence-corrected chi connectivity index (χ3v) is 5.72. The monoisotopic (exact) mass is 380 g/mol. The fourth-order valence-corrected chi connectivity index (χ4v) is 3.88. The van der Waals surface area contributed by atoms with E-state index >= 15 is 0 Å². The lowest BCUT2D eigenvalue weighted by atomic mass is 10.2. The molecule has 1 N–H and O–H groups in total. The zero-order valence-corrected chi connectivity index (χ0v) is 15.8. The molecule has 1 aromatic carbocycles. The van der Waals surface area contributed by atoms with Crippen molar-refractivity contribution in [2.45, 2.75) is 32.2 Å². The van der Waals surface area contributed by atoms with Crippen molar-refractivity contribution in [1.82, 2.24) is 20.1 Å². The molecule has 1 aliphatic carbocycles. The van der Waals surface area contributed by atoms with Crippen molar-refractivity contribution in [3.8, 4) is 10.6 Å². The van der Waals surface area contributed by atoms with Crippen LogP contribution >= 0.6 is 11.3 Å². The third kappa shape index (κ3) is 3.98. The summed E-state index contributed by atoms with van der Waals surface area (Å²) in [5.74, 6) is 0.321. The summed E-state index contributed by atoms with van der Waals surface area (Å²) < 4.78 is 1.43. The SMILES string of the molecule is Cc1nc(-c2ccccc2)sc1C(=O)NCCn1nc(C2CC2)ccc1=O. The molecule has 0 bridgehead atoms. The Morgan fingerprint density at radius 2 is 2.00 bits per heavy atom. The van der Waals surface area contributed by atoms with Gasteiger partial charge in [-0.25, -0.2) is 9.67 Å². The summed E-state index contributed by atoms with van der Waals surface area (Å²) in [6, 6.07) is 13.2. The topological polar surface area (TPSA) is 76.9 Å². The van der Waals surface area contributed by atoms with Crippen LogP contribution in [0.3, 0.4) is 0 Å². The highest BCUT2D eigenvalue weighted by Gasteiger charge is 2.25. The summed E-state index contributed by atoms with van der Waals surface area (Å²) >= 11 is 1.38. The van der Waals surface area contributed by atoms with Crippen molar-refractivity contribution in [2.24, 2.45) is 0 Å². The van der Waals surface area contributed by atoms with Crippen LogP contribution in [0.5, 0.6) is 0 Å². The van der Waals surface area contributed by atoms with Crippen molar-refractivity contribution in [1.29, 1.82) is 0 Å². The Morgan fingerprint density at radius 1 is 1.22 bits per heavy atom. The number of nitrogens with zero attached hydrogens (tertiary/aromatic N) is 3. The molecule has 4 rings (SSSR count). The number of thiazole rings is 1. The molecule has 0 spiro atoms. The van der Waals surface area contributed by atoms with Crippen molar-refractivity contribution in [2.75, 3.05) is 6.54 Å². The minimum absolute atomic E-state index is 0.144. The van der Waals surface area contributed by atoms with E-state index in [0.717, 1.165) is 29.1 Å². The molecular weight excluding hydrogens is 360 g/mol. The van der Waals surface area contributed by atoms with Gasteiger partial charge in [-0.2, -0.15) is 5.10 Å². The number of carbonyl (C=O) groups excluding carboxylic acids is 1. The molecule has 0 atom stereocenters. The van der Waals surface area contributed by atoms with Gasteiger partial charge in [-0.05, 0) is 25.8 Å². The lowest BCUT2D eigenvalue weighted by Gasteiger charge is -2.07. The molecule has 0 saturated heterocycles. The lowest BCUT2D eigenvalue weighted by Crippen LogP contribution is -2.32. The van der Waals surface area contributed by atoms with Crippen molar-refractivity contribution < 1.29 is 4.79 Å². The number of benzene rings is 1. The second-order valence-electron chi connectivity index (χ2n) is 6.65. The largest absolute Gasteiger partial charge is 0.349 e. The van der Waals surface area contributed by atoms with Gasteiger partial charge in [-0.3, -0.25) is 9.59 Å². The van der Waals surface area contributed by atoms with Crippen LogP contribution in [0.2, 0.25) is 0 Å². The standard InChI is InChI=1S/C20H20N4O2S/c1-13-18(27-20(22-13)15-5-3-2-4-6-15)19(26)21-11-12-24-17(25)10-9-16(23-24)14-7-8-14/h2-6,9-10,14H,7-8,11-12H2,1H3,(H,21,26). The van der Waals surface area contributed by atoms with Gasteiger partial charge in [0.1, 0.15) is 9.88 Å². The normalized spacial score (nSPS) is 13.5. The molecule has 0 unspecified atom stereocenters. The first kappa shape index (κ1) is 17.6. The minimum atomic E-state index is -0.168. The van der Waals surface area contributed by atoms with Gasteiger partial charge in [0.15, 0.2) is 0 Å². The van der Waals surface area contributed by atoms with E-state index in [-0.39, 0.29) is 11.5 Å². The smallest absolute Gasteiger partial charge is 0.266 e. The first-order valence-electron chi connectivity index (χ1n) is 9.01. The van der Waals surface area contributed by atoms with Gasteiger partial charge in [0.05, 0.1) is 17.9 Å². The first-order valence-corrected chi connectivity index (χ1v) is 9.82. The molecule has 1 fully saturated rings. The Hall–Kier alpha value is -2.80. The van der Waals surface area contributed by atoms with E-state index in [2.05, 4.69) is 15.4 Å². The average Bonchev–Trinajstić information content (AvgIpc) is 3.45. The first-order chi connectivity index (χ1) is 13.1. The second kappa shape index (κ2) is 7.44. The fraction of sp³-hybridized carbons (Fsp3) is 0.300. The highest BCUT2D eigenvalue weighted by Crippen LogP contribution is 2.38. The molecule has 2 aromatic heterocycles. The Kier molecular flexibility index (Phi) is 4.85. The average molecular weight is 380 g/mol. The number of nitrogens with one attached hydrogen (secondary N) is 1. The minimum Gasteiger partial charge on any atom is -0.349 e. The van der Waals surface area contributed by atoms with Gasteiger partial charge in [-0.15, -0.1) is 11.3 Å². The predicted molar refractivity (Wildman–Crippen MR) is 105 cm³/mol. The maximum Gasteiger partial charge on any atom is 0.266 e. The number of hydrogen-bond acceptors (Lipinski definition) is 5. The van der Waals surface area contributed by atoms with Crippen LogP contribution in [0.15, 0.2) is 47.3 Å². The Bertz CT molecular complexity index is 1020.